The Balaban J connectivity index is 2.24. The van der Waals surface area contributed by atoms with Crippen LogP contribution in [0.1, 0.15) is 0 Å². The van der Waals surface area contributed by atoms with Gasteiger partial charge in [-0.1, -0.05) is 0 Å². The topological polar surface area (TPSA) is 64.7 Å². The Morgan fingerprint density at radius 2 is 1.50 bits per heavy atom. The highest BCUT2D eigenvalue weighted by molar-refractivity contribution is 7.80. The van der Waals surface area contributed by atoms with E-state index in [0.717, 1.165) is 0 Å². The third kappa shape index (κ3) is 1.21. The molecule has 0 radical (unpaired) electrons. The van der Waals surface area contributed by atoms with Gasteiger partial charge in [0.25, 0.3) is 0 Å². The van der Waals surface area contributed by atoms with Crippen LogP contribution in [0.25, 0.3) is 0 Å². The van der Waals surface area contributed by atoms with Crippen LogP contribution in [-0.4, -0.2) is 45.9 Å². The van der Waals surface area contributed by atoms with Crippen LogP contribution in [0.4, 0.5) is 9.59 Å². The zero-order valence-corrected chi connectivity index (χ0v) is 8.96. The summed E-state index contributed by atoms with van der Waals surface area (Å²) in [5.74, 6) is 0.540. The maximum atomic E-state index is 11.4. The van der Waals surface area contributed by atoms with Crippen molar-refractivity contribution in [3.05, 3.63) is 0 Å². The molecular weight excluding hydrogens is 224 g/mol. The van der Waals surface area contributed by atoms with Crippen molar-refractivity contribution in [2.24, 2.45) is 0 Å². The van der Waals surface area contributed by atoms with Crippen LogP contribution >= 0.6 is 25.3 Å². The summed E-state index contributed by atoms with van der Waals surface area (Å²) in [5.41, 5.74) is 0. The summed E-state index contributed by atoms with van der Waals surface area (Å²) in [4.78, 5) is 25.6. The zero-order valence-electron chi connectivity index (χ0n) is 7.17. The molecule has 0 aromatic carbocycles. The van der Waals surface area contributed by atoms with Crippen LogP contribution in [0.2, 0.25) is 0 Å². The first-order valence-corrected chi connectivity index (χ1v) is 5.31. The standard InChI is InChI=1S/C6H10N4O2S2/c11-5-7-3-4(9(5)1-13)10(2-14)6(12)8-3/h3-4,13-14H,1-2H2,(H,7,11)(H,8,12). The number of rotatable bonds is 2. The zero-order chi connectivity index (χ0) is 10.3. The van der Waals surface area contributed by atoms with Crippen molar-refractivity contribution in [3.8, 4) is 0 Å². The van der Waals surface area contributed by atoms with Gasteiger partial charge in [-0.05, 0) is 0 Å². The molecule has 0 aromatic rings. The van der Waals surface area contributed by atoms with Crippen LogP contribution in [-0.2, 0) is 0 Å². The van der Waals surface area contributed by atoms with Gasteiger partial charge in [-0.25, -0.2) is 9.59 Å². The molecule has 0 atom stereocenters. The second-order valence-electron chi connectivity index (χ2n) is 3.01. The molecule has 0 unspecified atom stereocenters. The van der Waals surface area contributed by atoms with Crippen molar-refractivity contribution < 1.29 is 9.59 Å². The normalized spacial score (nSPS) is 30.4. The van der Waals surface area contributed by atoms with Crippen LogP contribution in [0.15, 0.2) is 0 Å². The minimum Gasteiger partial charge on any atom is -0.314 e. The van der Waals surface area contributed by atoms with Gasteiger partial charge in [0.05, 0.1) is 11.8 Å². The molecule has 2 rings (SSSR count). The molecule has 2 aliphatic rings. The fourth-order valence-corrected chi connectivity index (χ4v) is 2.27. The van der Waals surface area contributed by atoms with Gasteiger partial charge >= 0.3 is 12.1 Å². The molecule has 0 aliphatic carbocycles. The first-order valence-electron chi connectivity index (χ1n) is 4.05. The monoisotopic (exact) mass is 234 g/mol. The number of nitrogens with one attached hydrogen (secondary N) is 2. The predicted octanol–water partition coefficient (Wildman–Crippen LogP) is -0.536. The van der Waals surface area contributed by atoms with Crippen LogP contribution in [0.3, 0.4) is 0 Å². The van der Waals surface area contributed by atoms with Crippen molar-refractivity contribution in [1.29, 1.82) is 0 Å². The molecule has 0 saturated carbocycles. The number of carbonyl (C=O) groups excluding carboxylic acids is 2. The van der Waals surface area contributed by atoms with Crippen LogP contribution < -0.4 is 10.6 Å². The number of hydrogen-bond acceptors (Lipinski definition) is 4. The molecule has 2 aliphatic heterocycles. The second kappa shape index (κ2) is 3.43. The maximum Gasteiger partial charge on any atom is 0.321 e. The molecule has 2 heterocycles. The molecule has 2 fully saturated rings. The third-order valence-electron chi connectivity index (χ3n) is 2.32. The molecule has 78 valence electrons. The molecule has 6 nitrogen and oxygen atoms in total. The van der Waals surface area contributed by atoms with Gasteiger partial charge in [0, 0.05) is 0 Å². The fraction of sp³-hybridized carbons (Fsp3) is 0.667. The number of carbonyl (C=O) groups is 2. The Labute approximate surface area is 91.8 Å². The van der Waals surface area contributed by atoms with Crippen molar-refractivity contribution >= 4 is 37.3 Å². The summed E-state index contributed by atoms with van der Waals surface area (Å²) in [7, 11) is 0. The molecule has 0 aromatic heterocycles. The molecule has 14 heavy (non-hydrogen) atoms. The number of hydrogen-bond donors (Lipinski definition) is 4. The molecule has 0 bridgehead atoms. The molecule has 4 amide bonds. The number of urea groups is 2. The van der Waals surface area contributed by atoms with Crippen molar-refractivity contribution in [3.63, 3.8) is 0 Å². The van der Waals surface area contributed by atoms with E-state index in [4.69, 9.17) is 0 Å². The van der Waals surface area contributed by atoms with E-state index in [0.29, 0.717) is 0 Å². The number of fused-ring (bicyclic) bond motifs is 1. The van der Waals surface area contributed by atoms with Crippen LogP contribution in [0, 0.1) is 0 Å². The Morgan fingerprint density at radius 3 is 1.86 bits per heavy atom. The first kappa shape index (κ1) is 9.78. The SMILES string of the molecule is O=C1NC2NC(=O)N(CS)C2N1CS. The summed E-state index contributed by atoms with van der Waals surface area (Å²) >= 11 is 8.08. The lowest BCUT2D eigenvalue weighted by molar-refractivity contribution is 0.155. The van der Waals surface area contributed by atoms with E-state index in [-0.39, 0.29) is 36.1 Å². The lowest BCUT2D eigenvalue weighted by Gasteiger charge is -2.26. The van der Waals surface area contributed by atoms with Gasteiger partial charge in [0.1, 0.15) is 6.17 Å². The summed E-state index contributed by atoms with van der Waals surface area (Å²) < 4.78 is 0. The summed E-state index contributed by atoms with van der Waals surface area (Å²) in [6.07, 6.45) is -0.667. The van der Waals surface area contributed by atoms with E-state index in [1.807, 2.05) is 0 Å². The van der Waals surface area contributed by atoms with Crippen molar-refractivity contribution in [2.75, 3.05) is 11.8 Å². The van der Waals surface area contributed by atoms with E-state index < -0.39 is 0 Å². The lowest BCUT2D eigenvalue weighted by atomic mass is 10.4. The minimum atomic E-state index is -0.353. The Bertz CT molecular complexity index is 261. The highest BCUT2D eigenvalue weighted by Gasteiger charge is 2.49. The van der Waals surface area contributed by atoms with Gasteiger partial charge < -0.3 is 10.6 Å². The van der Waals surface area contributed by atoms with Crippen molar-refractivity contribution in [2.45, 2.75) is 12.3 Å². The van der Waals surface area contributed by atoms with Gasteiger partial charge in [-0.2, -0.15) is 25.3 Å². The number of nitrogens with zero attached hydrogens (tertiary/aromatic N) is 2. The molecular formula is C6H10N4O2S2. The van der Waals surface area contributed by atoms with E-state index in [2.05, 4.69) is 35.9 Å². The Kier molecular flexibility index (Phi) is 2.40. The van der Waals surface area contributed by atoms with Gasteiger partial charge in [-0.15, -0.1) is 0 Å². The molecule has 2 saturated heterocycles. The second-order valence-corrected chi connectivity index (χ2v) is 3.58. The summed E-state index contributed by atoms with van der Waals surface area (Å²) in [5, 5.41) is 5.28. The quantitative estimate of drug-likeness (QED) is 0.485. The van der Waals surface area contributed by atoms with E-state index in [1.165, 1.54) is 9.80 Å². The van der Waals surface area contributed by atoms with E-state index >= 15 is 0 Å². The number of thiol groups is 2. The highest BCUT2D eigenvalue weighted by Crippen LogP contribution is 2.22. The largest absolute Gasteiger partial charge is 0.321 e. The lowest BCUT2D eigenvalue weighted by Crippen LogP contribution is -2.45. The highest BCUT2D eigenvalue weighted by atomic mass is 32.1. The van der Waals surface area contributed by atoms with Gasteiger partial charge in [-0.3, -0.25) is 9.80 Å². The number of amides is 4. The average Bonchev–Trinajstić information content (AvgIpc) is 2.58. The Hall–Kier alpha value is -0.760. The average molecular weight is 234 g/mol. The van der Waals surface area contributed by atoms with Crippen LogP contribution in [0.5, 0.6) is 0 Å². The van der Waals surface area contributed by atoms with E-state index in [1.54, 1.807) is 0 Å². The third-order valence-corrected chi connectivity index (χ3v) is 2.93. The minimum absolute atomic E-state index is 0.221. The smallest absolute Gasteiger partial charge is 0.314 e. The van der Waals surface area contributed by atoms with Crippen molar-refractivity contribution in [1.82, 2.24) is 20.4 Å². The fourth-order valence-electron chi connectivity index (χ4n) is 1.68. The maximum absolute atomic E-state index is 11.4. The summed E-state index contributed by atoms with van der Waals surface area (Å²) in [6.45, 7) is 0. The summed E-state index contributed by atoms with van der Waals surface area (Å²) in [6, 6.07) is -0.441. The van der Waals surface area contributed by atoms with Gasteiger partial charge in [0.2, 0.25) is 0 Å². The predicted molar refractivity (Wildman–Crippen MR) is 56.0 cm³/mol. The van der Waals surface area contributed by atoms with Gasteiger partial charge in [0.15, 0.2) is 6.17 Å². The molecule has 8 heteroatoms. The first-order chi connectivity index (χ1) is 6.69. The van der Waals surface area contributed by atoms with E-state index in [9.17, 15) is 9.59 Å². The molecule has 0 spiro atoms. The Morgan fingerprint density at radius 1 is 1.07 bits per heavy atom. The molecule has 2 N–H and O–H groups in total.